The van der Waals surface area contributed by atoms with Gasteiger partial charge in [0.1, 0.15) is 5.56 Å². The summed E-state index contributed by atoms with van der Waals surface area (Å²) in [6.07, 6.45) is 5.22. The molecule has 1 aliphatic heterocycles. The zero-order chi connectivity index (χ0) is 19.1. The Morgan fingerprint density at radius 1 is 1.36 bits per heavy atom. The molecule has 2 aromatic rings. The first kappa shape index (κ1) is 19.2. The van der Waals surface area contributed by atoms with E-state index in [1.54, 1.807) is 0 Å². The molecule has 2 aliphatic carbocycles. The lowest BCUT2D eigenvalue weighted by molar-refractivity contribution is 0.0694. The van der Waals surface area contributed by atoms with Crippen molar-refractivity contribution in [2.24, 2.45) is 11.1 Å². The normalized spacial score (nSPS) is 22.5. The highest BCUT2D eigenvalue weighted by molar-refractivity contribution is 5.89. The number of fused-ring (bicyclic) bond motifs is 1. The molecule has 2 saturated carbocycles. The van der Waals surface area contributed by atoms with Crippen molar-refractivity contribution in [1.29, 1.82) is 0 Å². The van der Waals surface area contributed by atoms with Crippen LogP contribution < -0.4 is 16.2 Å². The molecule has 6 nitrogen and oxygen atoms in total. The number of rotatable bonds is 3. The van der Waals surface area contributed by atoms with Crippen LogP contribution in [0.15, 0.2) is 17.1 Å². The van der Waals surface area contributed by atoms with E-state index in [2.05, 4.69) is 0 Å². The summed E-state index contributed by atoms with van der Waals surface area (Å²) in [5.74, 6) is -1.55. The van der Waals surface area contributed by atoms with Crippen molar-refractivity contribution < 1.29 is 14.3 Å². The first-order valence-electron chi connectivity index (χ1n) is 9.44. The molecule has 0 bridgehead atoms. The van der Waals surface area contributed by atoms with Gasteiger partial charge in [0.25, 0.3) is 5.56 Å². The topological polar surface area (TPSA) is 88.0 Å². The molecular formula is C20H23ClFN3O3. The zero-order valence-electron chi connectivity index (χ0n) is 15.6. The molecule has 1 saturated heterocycles. The van der Waals surface area contributed by atoms with Crippen LogP contribution >= 0.6 is 12.4 Å². The van der Waals surface area contributed by atoms with Crippen LogP contribution in [0.25, 0.3) is 5.52 Å². The van der Waals surface area contributed by atoms with Crippen molar-refractivity contribution in [3.05, 3.63) is 45.1 Å². The largest absolute Gasteiger partial charge is 0.477 e. The molecule has 150 valence electrons. The molecule has 0 amide bonds. The van der Waals surface area contributed by atoms with Gasteiger partial charge in [-0.15, -0.1) is 12.4 Å². The summed E-state index contributed by atoms with van der Waals surface area (Å²) in [6, 6.07) is 1.52. The maximum atomic E-state index is 15.1. The van der Waals surface area contributed by atoms with Crippen LogP contribution in [0.3, 0.4) is 0 Å². The van der Waals surface area contributed by atoms with Crippen LogP contribution in [0.5, 0.6) is 0 Å². The maximum absolute atomic E-state index is 15.1. The van der Waals surface area contributed by atoms with Crippen molar-refractivity contribution in [1.82, 2.24) is 4.40 Å². The molecule has 0 aromatic carbocycles. The minimum atomic E-state index is -1.28. The van der Waals surface area contributed by atoms with Gasteiger partial charge >= 0.3 is 5.97 Å². The van der Waals surface area contributed by atoms with Crippen LogP contribution in [0.2, 0.25) is 0 Å². The standard InChI is InChI=1S/C20H22FN3O3.ClH/c1-10-16-12(11-2-3-11)6-13(19(26)27)18(25)24(16)7-14(21)17(10)23-8-15(22)20(9-23)4-5-20;/h6-7,11,15H,2-5,8-9,22H2,1H3,(H,26,27);1H/t15-;/m0./s1. The molecule has 8 heteroatoms. The van der Waals surface area contributed by atoms with Gasteiger partial charge in [-0.25, -0.2) is 9.18 Å². The molecule has 3 heterocycles. The van der Waals surface area contributed by atoms with Gasteiger partial charge in [0.05, 0.1) is 17.4 Å². The maximum Gasteiger partial charge on any atom is 0.341 e. The van der Waals surface area contributed by atoms with Gasteiger partial charge in [-0.05, 0) is 55.7 Å². The number of carboxylic acid groups (broad SMARTS) is 1. The van der Waals surface area contributed by atoms with Crippen LogP contribution in [-0.2, 0) is 0 Å². The molecule has 1 spiro atoms. The van der Waals surface area contributed by atoms with Gasteiger partial charge in [0.15, 0.2) is 5.82 Å². The molecule has 0 unspecified atom stereocenters. The van der Waals surface area contributed by atoms with E-state index in [9.17, 15) is 14.7 Å². The van der Waals surface area contributed by atoms with Gasteiger partial charge in [-0.3, -0.25) is 9.20 Å². The number of anilines is 1. The molecule has 1 atom stereocenters. The van der Waals surface area contributed by atoms with E-state index < -0.39 is 17.3 Å². The predicted octanol–water partition coefficient (Wildman–Crippen LogP) is 2.67. The van der Waals surface area contributed by atoms with Crippen molar-refractivity contribution in [3.63, 3.8) is 0 Å². The fraction of sp³-hybridized carbons (Fsp3) is 0.500. The van der Waals surface area contributed by atoms with E-state index in [0.29, 0.717) is 23.3 Å². The Morgan fingerprint density at radius 3 is 2.57 bits per heavy atom. The number of carboxylic acids is 1. The lowest BCUT2D eigenvalue weighted by Gasteiger charge is -2.24. The van der Waals surface area contributed by atoms with E-state index >= 15 is 4.39 Å². The second-order valence-electron chi connectivity index (χ2n) is 8.42. The lowest BCUT2D eigenvalue weighted by atomic mass is 10.0. The number of nitrogens with zero attached hydrogens (tertiary/aromatic N) is 2. The average molecular weight is 408 g/mol. The molecule has 3 N–H and O–H groups in total. The fourth-order valence-corrected chi connectivity index (χ4v) is 4.74. The lowest BCUT2D eigenvalue weighted by Crippen LogP contribution is -2.31. The molecule has 3 aliphatic rings. The zero-order valence-corrected chi connectivity index (χ0v) is 16.4. The van der Waals surface area contributed by atoms with Gasteiger partial charge in [-0.2, -0.15) is 0 Å². The Balaban J connectivity index is 0.00000192. The summed E-state index contributed by atoms with van der Waals surface area (Å²) in [7, 11) is 0. The van der Waals surface area contributed by atoms with E-state index in [4.69, 9.17) is 5.73 Å². The summed E-state index contributed by atoms with van der Waals surface area (Å²) < 4.78 is 16.3. The van der Waals surface area contributed by atoms with Gasteiger partial charge in [0, 0.05) is 24.5 Å². The first-order chi connectivity index (χ1) is 12.8. The monoisotopic (exact) mass is 407 g/mol. The van der Waals surface area contributed by atoms with Crippen LogP contribution in [0.1, 0.15) is 53.1 Å². The molecule has 3 fully saturated rings. The van der Waals surface area contributed by atoms with Gasteiger partial charge < -0.3 is 15.7 Å². The number of aryl methyl sites for hydroxylation is 1. The molecule has 28 heavy (non-hydrogen) atoms. The third-order valence-corrected chi connectivity index (χ3v) is 6.61. The fourth-order valence-electron chi connectivity index (χ4n) is 4.74. The Morgan fingerprint density at radius 2 is 2.04 bits per heavy atom. The van der Waals surface area contributed by atoms with E-state index in [1.165, 1.54) is 10.5 Å². The number of pyridine rings is 2. The van der Waals surface area contributed by atoms with Gasteiger partial charge in [0.2, 0.25) is 0 Å². The number of nitrogens with two attached hydrogens (primary N) is 1. The summed E-state index contributed by atoms with van der Waals surface area (Å²) in [5, 5.41) is 9.38. The second-order valence-corrected chi connectivity index (χ2v) is 8.42. The Labute approximate surface area is 167 Å². The van der Waals surface area contributed by atoms with Crippen LogP contribution in [0, 0.1) is 18.2 Å². The average Bonchev–Trinajstić information content (AvgIpc) is 3.49. The summed E-state index contributed by atoms with van der Waals surface area (Å²) in [4.78, 5) is 26.1. The minimum absolute atomic E-state index is 0. The van der Waals surface area contributed by atoms with Crippen molar-refractivity contribution in [2.45, 2.75) is 44.6 Å². The highest BCUT2D eigenvalue weighted by Crippen LogP contribution is 2.53. The van der Waals surface area contributed by atoms with E-state index in [0.717, 1.165) is 44.0 Å². The number of hydrogen-bond acceptors (Lipinski definition) is 4. The first-order valence-corrected chi connectivity index (χ1v) is 9.44. The van der Waals surface area contributed by atoms with Gasteiger partial charge in [-0.1, -0.05) is 0 Å². The SMILES string of the molecule is Cc1c(N2C[C@H](N)C3(CC3)C2)c(F)cn2c(=O)c(C(=O)O)cc(C3CC3)c12.Cl. The molecule has 0 radical (unpaired) electrons. The number of aromatic nitrogens is 1. The number of halogens is 2. The molecular weight excluding hydrogens is 385 g/mol. The molecule has 5 rings (SSSR count). The minimum Gasteiger partial charge on any atom is -0.477 e. The van der Waals surface area contributed by atoms with Crippen molar-refractivity contribution in [2.75, 3.05) is 18.0 Å². The summed E-state index contributed by atoms with van der Waals surface area (Å²) in [6.45, 7) is 3.16. The van der Waals surface area contributed by atoms with E-state index in [1.807, 2.05) is 11.8 Å². The third-order valence-electron chi connectivity index (χ3n) is 6.61. The summed E-state index contributed by atoms with van der Waals surface area (Å²) in [5.41, 5.74) is 8.08. The highest BCUT2D eigenvalue weighted by atomic mass is 35.5. The Hall–Kier alpha value is -2.12. The number of hydrogen-bond donors (Lipinski definition) is 2. The quantitative estimate of drug-likeness (QED) is 0.816. The highest BCUT2D eigenvalue weighted by Gasteiger charge is 2.54. The van der Waals surface area contributed by atoms with Crippen molar-refractivity contribution >= 4 is 29.6 Å². The number of aromatic carboxylic acids is 1. The Kier molecular flexibility index (Phi) is 4.25. The second kappa shape index (κ2) is 6.19. The third kappa shape index (κ3) is 2.63. The summed E-state index contributed by atoms with van der Waals surface area (Å²) >= 11 is 0. The van der Waals surface area contributed by atoms with Crippen molar-refractivity contribution in [3.8, 4) is 0 Å². The Bertz CT molecular complexity index is 1060. The van der Waals surface area contributed by atoms with Crippen LogP contribution in [0.4, 0.5) is 10.1 Å². The van der Waals surface area contributed by atoms with E-state index in [-0.39, 0.29) is 35.3 Å². The smallest absolute Gasteiger partial charge is 0.341 e. The molecule has 2 aromatic heterocycles. The number of carbonyl (C=O) groups is 1. The predicted molar refractivity (Wildman–Crippen MR) is 106 cm³/mol. The van der Waals surface area contributed by atoms with Crippen LogP contribution in [-0.4, -0.2) is 34.6 Å².